The third-order valence-corrected chi connectivity index (χ3v) is 2.11. The van der Waals surface area contributed by atoms with Crippen molar-refractivity contribution in [1.29, 1.82) is 0 Å². The van der Waals surface area contributed by atoms with Crippen LogP contribution in [-0.4, -0.2) is 17.6 Å². The first-order valence-electron chi connectivity index (χ1n) is 5.14. The van der Waals surface area contributed by atoms with Crippen molar-refractivity contribution < 1.29 is 0 Å². The highest BCUT2D eigenvalue weighted by Crippen LogP contribution is 2.02. The average Bonchev–Trinajstić information content (AvgIpc) is 2.55. The molecular weight excluding hydrogens is 160 g/mol. The van der Waals surface area contributed by atoms with Crippen molar-refractivity contribution in [3.8, 4) is 0 Å². The molecule has 74 valence electrons. The largest absolute Gasteiger partial charge is 0.367 e. The summed E-state index contributed by atoms with van der Waals surface area (Å²) in [5.74, 6) is 0. The van der Waals surface area contributed by atoms with Crippen LogP contribution in [0.3, 0.4) is 0 Å². The molecule has 1 aromatic rings. The van der Waals surface area contributed by atoms with E-state index in [4.69, 9.17) is 0 Å². The molecule has 1 rings (SSSR count). The lowest BCUT2D eigenvalue weighted by Crippen LogP contribution is -2.23. The Kier molecular flexibility index (Phi) is 4.61. The Morgan fingerprint density at radius 3 is 2.85 bits per heavy atom. The topological polar surface area (TPSA) is 27.8 Å². The molecule has 2 heteroatoms. The van der Waals surface area contributed by atoms with Crippen molar-refractivity contribution in [2.75, 3.05) is 6.54 Å². The fourth-order valence-electron chi connectivity index (χ4n) is 1.36. The van der Waals surface area contributed by atoms with E-state index in [2.05, 4.69) is 36.4 Å². The Morgan fingerprint density at radius 2 is 2.23 bits per heavy atom. The molecule has 0 aliphatic heterocycles. The van der Waals surface area contributed by atoms with Crippen LogP contribution >= 0.6 is 0 Å². The molecule has 0 spiro atoms. The van der Waals surface area contributed by atoms with Gasteiger partial charge in [0.1, 0.15) is 0 Å². The number of aromatic amines is 1. The summed E-state index contributed by atoms with van der Waals surface area (Å²) in [7, 11) is 0. The van der Waals surface area contributed by atoms with Gasteiger partial charge in [0.05, 0.1) is 0 Å². The number of hydrogen-bond acceptors (Lipinski definition) is 1. The molecule has 1 heterocycles. The van der Waals surface area contributed by atoms with E-state index >= 15 is 0 Å². The quantitative estimate of drug-likeness (QED) is 0.646. The zero-order valence-electron chi connectivity index (χ0n) is 8.64. The third-order valence-electron chi connectivity index (χ3n) is 2.11. The van der Waals surface area contributed by atoms with Gasteiger partial charge in [-0.1, -0.05) is 13.8 Å². The average molecular weight is 180 g/mol. The lowest BCUT2D eigenvalue weighted by molar-refractivity contribution is 0.557. The van der Waals surface area contributed by atoms with Gasteiger partial charge in [0.25, 0.3) is 0 Å². The lowest BCUT2D eigenvalue weighted by atomic mass is 10.1. The number of H-pyrrole nitrogens is 1. The normalized spacial score (nSPS) is 11.0. The Morgan fingerprint density at radius 1 is 1.38 bits per heavy atom. The molecule has 0 fully saturated rings. The molecule has 13 heavy (non-hydrogen) atoms. The standard InChI is InChI=1S/C11H20N2/c1-10(2)13-7-4-3-5-11-6-8-12-9-11/h6,8-10,12-13H,3-5,7H2,1-2H3. The maximum atomic E-state index is 3.42. The summed E-state index contributed by atoms with van der Waals surface area (Å²) in [4.78, 5) is 3.07. The Labute approximate surface area is 80.7 Å². The molecular formula is C11H20N2. The highest BCUT2D eigenvalue weighted by Gasteiger charge is 1.94. The molecule has 1 aromatic heterocycles. The highest BCUT2D eigenvalue weighted by atomic mass is 14.9. The molecule has 0 aliphatic rings. The maximum absolute atomic E-state index is 3.42. The first-order valence-corrected chi connectivity index (χ1v) is 5.14. The van der Waals surface area contributed by atoms with Crippen molar-refractivity contribution in [3.05, 3.63) is 24.0 Å². The van der Waals surface area contributed by atoms with Gasteiger partial charge in [0, 0.05) is 18.4 Å². The molecule has 0 bridgehead atoms. The Hall–Kier alpha value is -0.760. The van der Waals surface area contributed by atoms with Crippen LogP contribution in [0.2, 0.25) is 0 Å². The first kappa shape index (κ1) is 10.3. The molecule has 0 atom stereocenters. The molecule has 0 saturated heterocycles. The second-order valence-electron chi connectivity index (χ2n) is 3.79. The summed E-state index contributed by atoms with van der Waals surface area (Å²) in [6.07, 6.45) is 7.81. The van der Waals surface area contributed by atoms with E-state index in [1.807, 2.05) is 6.20 Å². The van der Waals surface area contributed by atoms with Crippen LogP contribution in [0.4, 0.5) is 0 Å². The second-order valence-corrected chi connectivity index (χ2v) is 3.79. The molecule has 0 saturated carbocycles. The third kappa shape index (κ3) is 4.73. The SMILES string of the molecule is CC(C)NCCCCc1cc[nH]c1. The first-order chi connectivity index (χ1) is 6.29. The fourth-order valence-corrected chi connectivity index (χ4v) is 1.36. The monoisotopic (exact) mass is 180 g/mol. The smallest absolute Gasteiger partial charge is 0.00373 e. The molecule has 2 N–H and O–H groups in total. The van der Waals surface area contributed by atoms with Gasteiger partial charge in [-0.05, 0) is 37.4 Å². The van der Waals surface area contributed by atoms with Crippen LogP contribution in [0.1, 0.15) is 32.3 Å². The Bertz CT molecular complexity index is 202. The van der Waals surface area contributed by atoms with Gasteiger partial charge in [-0.15, -0.1) is 0 Å². The van der Waals surface area contributed by atoms with E-state index in [9.17, 15) is 0 Å². The predicted molar refractivity (Wildman–Crippen MR) is 56.9 cm³/mol. The van der Waals surface area contributed by atoms with Crippen LogP contribution in [0.5, 0.6) is 0 Å². The van der Waals surface area contributed by atoms with Crippen LogP contribution < -0.4 is 5.32 Å². The molecule has 0 aromatic carbocycles. The summed E-state index contributed by atoms with van der Waals surface area (Å²) in [5.41, 5.74) is 1.42. The van der Waals surface area contributed by atoms with E-state index in [0.717, 1.165) is 6.54 Å². The number of aromatic nitrogens is 1. The zero-order valence-corrected chi connectivity index (χ0v) is 8.64. The highest BCUT2D eigenvalue weighted by molar-refractivity contribution is 5.07. The second kappa shape index (κ2) is 5.81. The van der Waals surface area contributed by atoms with Crippen LogP contribution in [0.15, 0.2) is 18.5 Å². The van der Waals surface area contributed by atoms with Gasteiger partial charge in [-0.2, -0.15) is 0 Å². The van der Waals surface area contributed by atoms with E-state index in [1.165, 1.54) is 24.8 Å². The van der Waals surface area contributed by atoms with Gasteiger partial charge < -0.3 is 10.3 Å². The minimum Gasteiger partial charge on any atom is -0.367 e. The van der Waals surface area contributed by atoms with Crippen LogP contribution in [0.25, 0.3) is 0 Å². The van der Waals surface area contributed by atoms with Crippen molar-refractivity contribution in [2.24, 2.45) is 0 Å². The van der Waals surface area contributed by atoms with Gasteiger partial charge >= 0.3 is 0 Å². The zero-order chi connectivity index (χ0) is 9.52. The van der Waals surface area contributed by atoms with Crippen LogP contribution in [0, 0.1) is 0 Å². The summed E-state index contributed by atoms with van der Waals surface area (Å²) in [6, 6.07) is 2.77. The molecule has 0 radical (unpaired) electrons. The number of unbranched alkanes of at least 4 members (excludes halogenated alkanes) is 1. The number of hydrogen-bond donors (Lipinski definition) is 2. The minimum atomic E-state index is 0.618. The van der Waals surface area contributed by atoms with Crippen molar-refractivity contribution >= 4 is 0 Å². The molecule has 0 aliphatic carbocycles. The van der Waals surface area contributed by atoms with Gasteiger partial charge in [0.15, 0.2) is 0 Å². The maximum Gasteiger partial charge on any atom is 0.00373 e. The van der Waals surface area contributed by atoms with Crippen molar-refractivity contribution in [1.82, 2.24) is 10.3 Å². The van der Waals surface area contributed by atoms with E-state index in [-0.39, 0.29) is 0 Å². The van der Waals surface area contributed by atoms with E-state index in [1.54, 1.807) is 0 Å². The van der Waals surface area contributed by atoms with Gasteiger partial charge in [0.2, 0.25) is 0 Å². The predicted octanol–water partition coefficient (Wildman–Crippen LogP) is 2.34. The summed E-state index contributed by atoms with van der Waals surface area (Å²) in [5, 5.41) is 3.42. The Balaban J connectivity index is 1.96. The fraction of sp³-hybridized carbons (Fsp3) is 0.636. The number of aryl methyl sites for hydroxylation is 1. The summed E-state index contributed by atoms with van der Waals surface area (Å²) in [6.45, 7) is 5.51. The van der Waals surface area contributed by atoms with Crippen molar-refractivity contribution in [3.63, 3.8) is 0 Å². The number of nitrogens with one attached hydrogen (secondary N) is 2. The lowest BCUT2D eigenvalue weighted by Gasteiger charge is -2.06. The van der Waals surface area contributed by atoms with Gasteiger partial charge in [-0.25, -0.2) is 0 Å². The minimum absolute atomic E-state index is 0.618. The molecule has 0 unspecified atom stereocenters. The van der Waals surface area contributed by atoms with E-state index < -0.39 is 0 Å². The van der Waals surface area contributed by atoms with E-state index in [0.29, 0.717) is 6.04 Å². The summed E-state index contributed by atoms with van der Waals surface area (Å²) < 4.78 is 0. The van der Waals surface area contributed by atoms with Crippen molar-refractivity contribution in [2.45, 2.75) is 39.2 Å². The molecule has 2 nitrogen and oxygen atoms in total. The van der Waals surface area contributed by atoms with Crippen LogP contribution in [-0.2, 0) is 6.42 Å². The summed E-state index contributed by atoms with van der Waals surface area (Å²) >= 11 is 0. The van der Waals surface area contributed by atoms with Gasteiger partial charge in [-0.3, -0.25) is 0 Å². The number of rotatable bonds is 6. The molecule has 0 amide bonds.